The summed E-state index contributed by atoms with van der Waals surface area (Å²) in [5, 5.41) is 13.4. The van der Waals surface area contributed by atoms with E-state index in [-0.39, 0.29) is 41.2 Å². The number of hydrogen-bond acceptors (Lipinski definition) is 6. The molecule has 34 heavy (non-hydrogen) atoms. The smallest absolute Gasteiger partial charge is 0.312 e. The van der Waals surface area contributed by atoms with E-state index in [4.69, 9.17) is 9.47 Å². The van der Waals surface area contributed by atoms with Gasteiger partial charge in [-0.25, -0.2) is 0 Å². The number of ether oxygens (including phenoxy) is 2. The zero-order chi connectivity index (χ0) is 25.8. The van der Waals surface area contributed by atoms with Gasteiger partial charge in [0.15, 0.2) is 0 Å². The average Bonchev–Trinajstić information content (AvgIpc) is 3.24. The predicted molar refractivity (Wildman–Crippen MR) is 131 cm³/mol. The van der Waals surface area contributed by atoms with Crippen LogP contribution < -0.4 is 5.32 Å². The maximum atomic E-state index is 14.0. The highest BCUT2D eigenvalue weighted by atomic mass is 79.9. The minimum Gasteiger partial charge on any atom is -0.466 e. The third-order valence-corrected chi connectivity index (χ3v) is 8.13. The molecule has 0 aliphatic carbocycles. The molecule has 3 heterocycles. The van der Waals surface area contributed by atoms with E-state index in [0.29, 0.717) is 6.42 Å². The van der Waals surface area contributed by atoms with Crippen molar-refractivity contribution in [2.24, 2.45) is 23.2 Å². The first-order chi connectivity index (χ1) is 15.6. The molecule has 3 aliphatic rings. The lowest BCUT2D eigenvalue weighted by molar-refractivity contribution is -0.155. The number of amides is 2. The Hall–Kier alpha value is -1.19. The molecule has 0 saturated carbocycles. The molecule has 194 valence electrons. The maximum absolute atomic E-state index is 14.0. The number of likely N-dealkylation sites (tertiary alicyclic amines) is 1. The van der Waals surface area contributed by atoms with Gasteiger partial charge < -0.3 is 24.8 Å². The second-order valence-electron chi connectivity index (χ2n) is 12.3. The van der Waals surface area contributed by atoms with Crippen LogP contribution in [0.1, 0.15) is 68.2 Å². The zero-order valence-electron chi connectivity index (χ0n) is 21.7. The van der Waals surface area contributed by atoms with Crippen molar-refractivity contribution >= 4 is 33.7 Å². The zero-order valence-corrected chi connectivity index (χ0v) is 23.3. The summed E-state index contributed by atoms with van der Waals surface area (Å²) in [5.41, 5.74) is -1.71. The molecule has 0 radical (unpaired) electrons. The van der Waals surface area contributed by atoms with Gasteiger partial charge in [-0.3, -0.25) is 14.4 Å². The first kappa shape index (κ1) is 27.4. The monoisotopic (exact) mass is 544 g/mol. The van der Waals surface area contributed by atoms with E-state index in [0.717, 1.165) is 6.42 Å². The summed E-state index contributed by atoms with van der Waals surface area (Å²) in [6, 6.07) is -1.53. The summed E-state index contributed by atoms with van der Waals surface area (Å²) in [4.78, 5) is 42.2. The molecule has 2 N–H and O–H groups in total. The molecule has 0 aromatic carbocycles. The van der Waals surface area contributed by atoms with Gasteiger partial charge in [0.2, 0.25) is 11.8 Å². The van der Waals surface area contributed by atoms with Crippen molar-refractivity contribution in [3.05, 3.63) is 0 Å². The molecule has 0 aromatic heterocycles. The minimum atomic E-state index is -1.16. The Labute approximate surface area is 211 Å². The Kier molecular flexibility index (Phi) is 7.54. The van der Waals surface area contributed by atoms with Crippen molar-refractivity contribution in [3.63, 3.8) is 0 Å². The average molecular weight is 546 g/mol. The number of fused-ring (bicyclic) bond motifs is 1. The number of carbonyl (C=O) groups is 3. The number of rotatable bonds is 8. The Morgan fingerprint density at radius 3 is 2.41 bits per heavy atom. The van der Waals surface area contributed by atoms with Crippen LogP contribution in [0.4, 0.5) is 0 Å². The molecule has 9 heteroatoms. The van der Waals surface area contributed by atoms with E-state index >= 15 is 0 Å². The number of nitrogens with zero attached hydrogens (tertiary/aromatic N) is 1. The number of aliphatic hydroxyl groups is 1. The first-order valence-corrected chi connectivity index (χ1v) is 13.3. The van der Waals surface area contributed by atoms with Crippen molar-refractivity contribution in [2.75, 3.05) is 13.2 Å². The molecule has 3 rings (SSSR count). The molecular formula is C25H41BrN2O6. The van der Waals surface area contributed by atoms with Crippen LogP contribution in [0, 0.1) is 23.2 Å². The summed E-state index contributed by atoms with van der Waals surface area (Å²) in [6.07, 6.45) is 0.612. The summed E-state index contributed by atoms with van der Waals surface area (Å²) >= 11 is 3.64. The minimum absolute atomic E-state index is 0.0212. The third kappa shape index (κ3) is 4.64. The van der Waals surface area contributed by atoms with Crippen molar-refractivity contribution < 1.29 is 29.0 Å². The van der Waals surface area contributed by atoms with Crippen LogP contribution in [-0.4, -0.2) is 75.2 Å². The van der Waals surface area contributed by atoms with Gasteiger partial charge >= 0.3 is 5.97 Å². The van der Waals surface area contributed by atoms with Gasteiger partial charge in [-0.1, -0.05) is 50.5 Å². The van der Waals surface area contributed by atoms with E-state index in [1.54, 1.807) is 6.92 Å². The Morgan fingerprint density at radius 1 is 1.29 bits per heavy atom. The highest BCUT2D eigenvalue weighted by Gasteiger charge is 2.77. The fourth-order valence-corrected chi connectivity index (χ4v) is 7.57. The molecule has 8 nitrogen and oxygen atoms in total. The highest BCUT2D eigenvalue weighted by Crippen LogP contribution is 2.60. The highest BCUT2D eigenvalue weighted by molar-refractivity contribution is 9.09. The molecule has 3 unspecified atom stereocenters. The predicted octanol–water partition coefficient (Wildman–Crippen LogP) is 2.65. The normalized spacial score (nSPS) is 33.9. The second kappa shape index (κ2) is 9.36. The van der Waals surface area contributed by atoms with E-state index in [2.05, 4.69) is 42.0 Å². The molecule has 1 spiro atoms. The van der Waals surface area contributed by atoms with E-state index in [9.17, 15) is 19.5 Å². The maximum Gasteiger partial charge on any atom is 0.312 e. The summed E-state index contributed by atoms with van der Waals surface area (Å²) < 4.78 is 11.8. The largest absolute Gasteiger partial charge is 0.466 e. The lowest BCUT2D eigenvalue weighted by Crippen LogP contribution is -2.62. The number of alkyl halides is 1. The van der Waals surface area contributed by atoms with Crippen LogP contribution in [0.25, 0.3) is 0 Å². The van der Waals surface area contributed by atoms with Crippen molar-refractivity contribution in [2.45, 2.75) is 102 Å². The number of esters is 1. The SMILES string of the molecule is CCOC(=O)[C@H]1[C@@H]2OC3(CC2Br)C(C(=O)NC(C)(C)CC(C)(C)C)N([C@@H](CO)C(C)C)C(=O)[C@H]13. The van der Waals surface area contributed by atoms with E-state index in [1.165, 1.54) is 4.90 Å². The molecule has 3 saturated heterocycles. The number of hydrogen-bond donors (Lipinski definition) is 2. The summed E-state index contributed by atoms with van der Waals surface area (Å²) in [5.74, 6) is -2.81. The number of aliphatic hydroxyl groups excluding tert-OH is 1. The fraction of sp³-hybridized carbons (Fsp3) is 0.880. The second-order valence-corrected chi connectivity index (χ2v) is 13.4. The summed E-state index contributed by atoms with van der Waals surface area (Å²) in [7, 11) is 0. The fourth-order valence-electron chi connectivity index (χ4n) is 6.62. The van der Waals surface area contributed by atoms with Crippen LogP contribution in [-0.2, 0) is 23.9 Å². The third-order valence-electron chi connectivity index (χ3n) is 7.28. The van der Waals surface area contributed by atoms with Crippen molar-refractivity contribution in [1.29, 1.82) is 0 Å². The number of carbonyl (C=O) groups excluding carboxylic acids is 3. The topological polar surface area (TPSA) is 105 Å². The van der Waals surface area contributed by atoms with Crippen LogP contribution in [0.3, 0.4) is 0 Å². The Morgan fingerprint density at radius 2 is 1.91 bits per heavy atom. The number of nitrogens with one attached hydrogen (secondary N) is 1. The van der Waals surface area contributed by atoms with E-state index in [1.807, 2.05) is 27.7 Å². The van der Waals surface area contributed by atoms with Crippen LogP contribution >= 0.6 is 15.9 Å². The molecular weight excluding hydrogens is 504 g/mol. The molecule has 2 bridgehead atoms. The molecule has 0 aromatic rings. The lowest BCUT2D eigenvalue weighted by Gasteiger charge is -2.41. The summed E-state index contributed by atoms with van der Waals surface area (Å²) in [6.45, 7) is 15.7. The molecule has 3 aliphatic heterocycles. The number of halogens is 1. The Bertz CT molecular complexity index is 825. The van der Waals surface area contributed by atoms with Gasteiger partial charge in [0.1, 0.15) is 11.6 Å². The van der Waals surface area contributed by atoms with Gasteiger partial charge in [-0.15, -0.1) is 0 Å². The molecule has 2 amide bonds. The van der Waals surface area contributed by atoms with Crippen LogP contribution in [0.15, 0.2) is 0 Å². The van der Waals surface area contributed by atoms with Gasteiger partial charge in [0.05, 0.1) is 37.2 Å². The van der Waals surface area contributed by atoms with Crippen molar-refractivity contribution in [3.8, 4) is 0 Å². The standard InChI is InChI=1S/C25H41BrN2O6/c1-9-33-22(32)16-17-21(31)28(15(11-29)13(2)3)19(25(17)10-14(26)18(16)34-25)20(30)27-24(7,8)12-23(4,5)6/h13-19,29H,9-12H2,1-8H3,(H,27,30)/t14?,15-,16+,17-,18+,19?,25?/m0/s1. The van der Waals surface area contributed by atoms with E-state index < -0.39 is 47.1 Å². The van der Waals surface area contributed by atoms with Crippen molar-refractivity contribution in [1.82, 2.24) is 10.2 Å². The molecule has 3 fully saturated rings. The first-order valence-electron chi connectivity index (χ1n) is 12.3. The van der Waals surface area contributed by atoms with Gasteiger partial charge in [0.25, 0.3) is 0 Å². The van der Waals surface area contributed by atoms with Crippen LogP contribution in [0.5, 0.6) is 0 Å². The molecule has 7 atom stereocenters. The Balaban J connectivity index is 2.07. The quantitative estimate of drug-likeness (QED) is 0.359. The lowest BCUT2D eigenvalue weighted by atomic mass is 9.70. The van der Waals surface area contributed by atoms with Gasteiger partial charge in [0, 0.05) is 10.4 Å². The van der Waals surface area contributed by atoms with Crippen LogP contribution in [0.2, 0.25) is 0 Å². The van der Waals surface area contributed by atoms with Gasteiger partial charge in [-0.2, -0.15) is 0 Å². The van der Waals surface area contributed by atoms with Gasteiger partial charge in [-0.05, 0) is 44.9 Å².